The number of benzene rings is 2. The molecule has 2 heterocycles. The molecule has 1 aliphatic rings. The summed E-state index contributed by atoms with van der Waals surface area (Å²) in [5, 5.41) is 22.1. The second kappa shape index (κ2) is 8.47. The zero-order valence-corrected chi connectivity index (χ0v) is 16.5. The van der Waals surface area contributed by atoms with Crippen LogP contribution < -0.4 is 10.2 Å². The number of aliphatic hydroxyl groups is 1. The van der Waals surface area contributed by atoms with Gasteiger partial charge in [-0.05, 0) is 38.0 Å². The number of rotatable bonds is 5. The minimum atomic E-state index is -2.87. The second-order valence-electron chi connectivity index (χ2n) is 7.62. The van der Waals surface area contributed by atoms with Gasteiger partial charge in [-0.2, -0.15) is 10.2 Å². The van der Waals surface area contributed by atoms with Gasteiger partial charge in [-0.3, -0.25) is 0 Å². The molecule has 5 nitrogen and oxygen atoms in total. The van der Waals surface area contributed by atoms with Crippen molar-refractivity contribution in [1.29, 1.82) is 0 Å². The fourth-order valence-electron chi connectivity index (χ4n) is 3.93. The van der Waals surface area contributed by atoms with Crippen LogP contribution in [0, 0.1) is 5.82 Å². The molecule has 1 saturated heterocycles. The summed E-state index contributed by atoms with van der Waals surface area (Å²) in [5.74, 6) is -0.901. The zero-order valence-electron chi connectivity index (χ0n) is 16.5. The number of β-amino-alcohol motifs (C(OH)–C–C–N with tert-alkyl or cyclic N) is 1. The predicted molar refractivity (Wildman–Crippen MR) is 110 cm³/mol. The third-order valence-corrected chi connectivity index (χ3v) is 5.52. The van der Waals surface area contributed by atoms with Gasteiger partial charge in [-0.15, -0.1) is 0 Å². The Labute approximate surface area is 172 Å². The van der Waals surface area contributed by atoms with Crippen LogP contribution >= 0.6 is 0 Å². The number of piperidine rings is 1. The summed E-state index contributed by atoms with van der Waals surface area (Å²) >= 11 is 0. The molecule has 1 aliphatic heterocycles. The number of halogens is 3. The van der Waals surface area contributed by atoms with Crippen LogP contribution in [0.2, 0.25) is 0 Å². The van der Waals surface area contributed by atoms with Crippen LogP contribution in [0.25, 0.3) is 10.9 Å². The molecule has 0 aliphatic carbocycles. The van der Waals surface area contributed by atoms with Crippen LogP contribution in [0.15, 0.2) is 42.6 Å². The summed E-state index contributed by atoms with van der Waals surface area (Å²) in [7, 11) is 0. The molecule has 30 heavy (non-hydrogen) atoms. The van der Waals surface area contributed by atoms with Crippen LogP contribution in [0.5, 0.6) is 0 Å². The van der Waals surface area contributed by atoms with Crippen molar-refractivity contribution in [2.75, 3.05) is 23.3 Å². The highest BCUT2D eigenvalue weighted by molar-refractivity contribution is 5.93. The largest absolute Gasteiger partial charge is 0.391 e. The second-order valence-corrected chi connectivity index (χ2v) is 7.62. The Bertz CT molecular complexity index is 1050. The molecule has 3 aromatic rings. The van der Waals surface area contributed by atoms with E-state index in [1.165, 1.54) is 12.1 Å². The molecule has 0 saturated carbocycles. The van der Waals surface area contributed by atoms with Crippen LogP contribution in [-0.2, 0) is 0 Å². The van der Waals surface area contributed by atoms with E-state index in [1.807, 2.05) is 18.2 Å². The van der Waals surface area contributed by atoms with Crippen LogP contribution in [-0.4, -0.2) is 34.5 Å². The Hall–Kier alpha value is -2.87. The third-order valence-electron chi connectivity index (χ3n) is 5.52. The molecule has 8 heteroatoms. The lowest BCUT2D eigenvalue weighted by molar-refractivity contribution is 0.146. The van der Waals surface area contributed by atoms with Crippen LogP contribution in [0.3, 0.4) is 0 Å². The fraction of sp³-hybridized carbons (Fsp3) is 0.364. The molecule has 1 aromatic heterocycles. The molecule has 2 atom stereocenters. The number of nitrogens with zero attached hydrogens (tertiary/aromatic N) is 3. The van der Waals surface area contributed by atoms with E-state index in [1.54, 1.807) is 13.1 Å². The van der Waals surface area contributed by atoms with E-state index in [0.29, 0.717) is 17.7 Å². The number of anilines is 2. The summed E-state index contributed by atoms with van der Waals surface area (Å²) in [5.41, 5.74) is 1.80. The van der Waals surface area contributed by atoms with Gasteiger partial charge in [0.15, 0.2) is 0 Å². The maximum absolute atomic E-state index is 14.6. The predicted octanol–water partition coefficient (Wildman–Crippen LogP) is 4.84. The Morgan fingerprint density at radius 1 is 1.20 bits per heavy atom. The first-order chi connectivity index (χ1) is 14.4. The lowest BCUT2D eigenvalue weighted by Gasteiger charge is -2.32. The van der Waals surface area contributed by atoms with E-state index in [2.05, 4.69) is 20.4 Å². The van der Waals surface area contributed by atoms with E-state index >= 15 is 0 Å². The first kappa shape index (κ1) is 20.4. The number of nitrogens with one attached hydrogen (secondary N) is 1. The number of aliphatic hydroxyl groups excluding tert-OH is 1. The summed E-state index contributed by atoms with van der Waals surface area (Å²) in [6.07, 6.45) is 0.0252. The smallest absolute Gasteiger partial charge is 0.266 e. The summed E-state index contributed by atoms with van der Waals surface area (Å²) < 4.78 is 40.7. The molecule has 158 valence electrons. The van der Waals surface area contributed by atoms with E-state index in [4.69, 9.17) is 0 Å². The fourth-order valence-corrected chi connectivity index (χ4v) is 3.93. The molecular weight excluding hydrogens is 393 g/mol. The molecule has 0 unspecified atom stereocenters. The van der Waals surface area contributed by atoms with Crippen molar-refractivity contribution in [3.63, 3.8) is 0 Å². The standard InChI is InChI=1S/C22H23F3N4O/c1-13(16-5-2-6-17(21(16)23)22(24)25)27-20-11-26-28-19-8-7-14(10-18(19)20)29-9-3-4-15(30)12-29/h2,5-8,10-11,13,15,22,30H,3-4,9,12H2,1H3,(H,27,28)/t13-,15-/m1/s1. The molecule has 0 bridgehead atoms. The van der Waals surface area contributed by atoms with E-state index in [-0.39, 0.29) is 11.7 Å². The van der Waals surface area contributed by atoms with Crippen molar-refractivity contribution in [1.82, 2.24) is 10.2 Å². The molecule has 4 rings (SSSR count). The monoisotopic (exact) mass is 416 g/mol. The zero-order chi connectivity index (χ0) is 21.3. The summed E-state index contributed by atoms with van der Waals surface area (Å²) in [6.45, 7) is 3.13. The number of hydrogen-bond acceptors (Lipinski definition) is 5. The molecule has 1 fully saturated rings. The van der Waals surface area contributed by atoms with E-state index in [9.17, 15) is 18.3 Å². The maximum Gasteiger partial charge on any atom is 0.266 e. The minimum absolute atomic E-state index is 0.160. The van der Waals surface area contributed by atoms with Crippen LogP contribution in [0.4, 0.5) is 24.5 Å². The number of aromatic nitrogens is 2. The van der Waals surface area contributed by atoms with Gasteiger partial charge in [-0.25, -0.2) is 13.2 Å². The SMILES string of the molecule is C[C@@H](Nc1cnnc2ccc(N3CCC[C@@H](O)C3)cc12)c1cccc(C(F)F)c1F. The maximum atomic E-state index is 14.6. The van der Waals surface area contributed by atoms with Gasteiger partial charge >= 0.3 is 0 Å². The average molecular weight is 416 g/mol. The van der Waals surface area contributed by atoms with Gasteiger partial charge in [0.1, 0.15) is 5.82 Å². The highest BCUT2D eigenvalue weighted by Crippen LogP contribution is 2.32. The Balaban J connectivity index is 1.66. The lowest BCUT2D eigenvalue weighted by Crippen LogP contribution is -2.38. The third kappa shape index (κ3) is 4.05. The van der Waals surface area contributed by atoms with Gasteiger partial charge in [0.2, 0.25) is 0 Å². The Morgan fingerprint density at radius 3 is 2.77 bits per heavy atom. The van der Waals surface area contributed by atoms with Crippen molar-refractivity contribution in [3.05, 3.63) is 59.5 Å². The normalized spacial score (nSPS) is 18.1. The lowest BCUT2D eigenvalue weighted by atomic mass is 10.0. The van der Waals surface area contributed by atoms with Crippen LogP contribution in [0.1, 0.15) is 43.4 Å². The topological polar surface area (TPSA) is 61.3 Å². The molecule has 0 radical (unpaired) electrons. The van der Waals surface area contributed by atoms with Crippen molar-refractivity contribution in [2.24, 2.45) is 0 Å². The van der Waals surface area contributed by atoms with Gasteiger partial charge in [0.05, 0.1) is 35.1 Å². The Kier molecular flexibility index (Phi) is 5.76. The van der Waals surface area contributed by atoms with Crippen molar-refractivity contribution in [2.45, 2.75) is 38.3 Å². The quantitative estimate of drug-likeness (QED) is 0.623. The number of hydrogen-bond donors (Lipinski definition) is 2. The minimum Gasteiger partial charge on any atom is -0.391 e. The number of alkyl halides is 2. The average Bonchev–Trinajstić information content (AvgIpc) is 2.73. The highest BCUT2D eigenvalue weighted by Gasteiger charge is 2.21. The Morgan fingerprint density at radius 2 is 2.00 bits per heavy atom. The summed E-state index contributed by atoms with van der Waals surface area (Å²) in [6, 6.07) is 9.22. The first-order valence-corrected chi connectivity index (χ1v) is 9.95. The van der Waals surface area contributed by atoms with E-state index in [0.717, 1.165) is 36.5 Å². The van der Waals surface area contributed by atoms with Gasteiger partial charge in [-0.1, -0.05) is 18.2 Å². The van der Waals surface area contributed by atoms with Gasteiger partial charge in [0.25, 0.3) is 6.43 Å². The van der Waals surface area contributed by atoms with Gasteiger partial charge < -0.3 is 15.3 Å². The van der Waals surface area contributed by atoms with Gasteiger partial charge in [0, 0.05) is 29.7 Å². The molecule has 0 spiro atoms. The van der Waals surface area contributed by atoms with Crippen molar-refractivity contribution < 1.29 is 18.3 Å². The van der Waals surface area contributed by atoms with E-state index < -0.39 is 23.8 Å². The number of fused-ring (bicyclic) bond motifs is 1. The van der Waals surface area contributed by atoms with Crippen molar-refractivity contribution in [3.8, 4) is 0 Å². The molecular formula is C22H23F3N4O. The molecule has 2 N–H and O–H groups in total. The molecule has 0 amide bonds. The first-order valence-electron chi connectivity index (χ1n) is 9.95. The highest BCUT2D eigenvalue weighted by atomic mass is 19.3. The van der Waals surface area contributed by atoms with Crippen molar-refractivity contribution >= 4 is 22.3 Å². The molecule has 2 aromatic carbocycles. The summed E-state index contributed by atoms with van der Waals surface area (Å²) in [4.78, 5) is 2.12.